The maximum Gasteiger partial charge on any atom is 0.244 e. The van der Waals surface area contributed by atoms with Gasteiger partial charge in [-0.25, -0.2) is 8.78 Å². The Labute approximate surface area is 143 Å². The van der Waals surface area contributed by atoms with Crippen LogP contribution < -0.4 is 0 Å². The highest BCUT2D eigenvalue weighted by Crippen LogP contribution is 2.34. The number of aromatic nitrogens is 2. The number of likely N-dealkylation sites (tertiary alicyclic amines) is 1. The van der Waals surface area contributed by atoms with Gasteiger partial charge in [-0.3, -0.25) is 9.48 Å². The summed E-state index contributed by atoms with van der Waals surface area (Å²) in [6.07, 6.45) is 3.20. The molecule has 0 bridgehead atoms. The van der Waals surface area contributed by atoms with Crippen LogP contribution >= 0.6 is 0 Å². The van der Waals surface area contributed by atoms with Crippen molar-refractivity contribution >= 4 is 16.8 Å². The third kappa shape index (κ3) is 2.88. The minimum Gasteiger partial charge on any atom is -0.334 e. The van der Waals surface area contributed by atoms with Gasteiger partial charge in [-0.15, -0.1) is 0 Å². The molecule has 0 radical (unpaired) electrons. The van der Waals surface area contributed by atoms with Crippen molar-refractivity contribution in [2.24, 2.45) is 0 Å². The second kappa shape index (κ2) is 6.27. The molecule has 0 N–H and O–H groups in total. The Morgan fingerprint density at radius 3 is 2.88 bits per heavy atom. The highest BCUT2D eigenvalue weighted by atomic mass is 19.1. The Balaban J connectivity index is 1.58. The number of carbonyl (C=O) groups is 1. The Kier molecular flexibility index (Phi) is 3.95. The molecule has 6 heteroatoms. The number of carbonyl (C=O) groups excluding carboxylic acids is 1. The molecular formula is C19H17F2N3O. The second-order valence-corrected chi connectivity index (χ2v) is 6.27. The van der Waals surface area contributed by atoms with Gasteiger partial charge >= 0.3 is 0 Å². The van der Waals surface area contributed by atoms with Crippen molar-refractivity contribution < 1.29 is 13.6 Å². The van der Waals surface area contributed by atoms with E-state index in [1.807, 2.05) is 24.3 Å². The first kappa shape index (κ1) is 15.7. The molecule has 1 aromatic heterocycles. The SMILES string of the molecule is O=C(Cn1ncc2ccccc21)N1CCCC1c1ccc(F)cc1F. The molecule has 0 spiro atoms. The van der Waals surface area contributed by atoms with E-state index in [1.54, 1.807) is 15.8 Å². The zero-order valence-corrected chi connectivity index (χ0v) is 13.5. The Hall–Kier alpha value is -2.76. The van der Waals surface area contributed by atoms with Gasteiger partial charge in [0.25, 0.3) is 0 Å². The summed E-state index contributed by atoms with van der Waals surface area (Å²) in [6, 6.07) is 10.9. The number of halogens is 2. The topological polar surface area (TPSA) is 38.1 Å². The van der Waals surface area contributed by atoms with Crippen molar-refractivity contribution in [2.75, 3.05) is 6.54 Å². The van der Waals surface area contributed by atoms with E-state index in [2.05, 4.69) is 5.10 Å². The van der Waals surface area contributed by atoms with Crippen molar-refractivity contribution in [1.82, 2.24) is 14.7 Å². The molecule has 0 saturated carbocycles. The molecule has 1 amide bonds. The summed E-state index contributed by atoms with van der Waals surface area (Å²) < 4.78 is 28.9. The summed E-state index contributed by atoms with van der Waals surface area (Å²) in [4.78, 5) is 14.5. The van der Waals surface area contributed by atoms with Gasteiger partial charge in [-0.2, -0.15) is 5.10 Å². The molecule has 1 aliphatic heterocycles. The number of hydrogen-bond acceptors (Lipinski definition) is 2. The number of hydrogen-bond donors (Lipinski definition) is 0. The minimum absolute atomic E-state index is 0.104. The molecule has 1 aliphatic rings. The summed E-state index contributed by atoms with van der Waals surface area (Å²) in [5, 5.41) is 5.25. The summed E-state index contributed by atoms with van der Waals surface area (Å²) in [6.45, 7) is 0.673. The Morgan fingerprint density at radius 1 is 1.20 bits per heavy atom. The van der Waals surface area contributed by atoms with E-state index < -0.39 is 11.6 Å². The fraction of sp³-hybridized carbons (Fsp3) is 0.263. The molecule has 4 rings (SSSR count). The smallest absolute Gasteiger partial charge is 0.244 e. The van der Waals surface area contributed by atoms with Crippen LogP contribution in [0.15, 0.2) is 48.7 Å². The van der Waals surface area contributed by atoms with Crippen molar-refractivity contribution in [2.45, 2.75) is 25.4 Å². The number of benzene rings is 2. The van der Waals surface area contributed by atoms with Gasteiger partial charge < -0.3 is 4.90 Å². The van der Waals surface area contributed by atoms with Crippen LogP contribution in [0, 0.1) is 11.6 Å². The minimum atomic E-state index is -0.611. The number of rotatable bonds is 3. The van der Waals surface area contributed by atoms with E-state index in [0.717, 1.165) is 23.4 Å². The molecule has 3 aromatic rings. The predicted octanol–water partition coefficient (Wildman–Crippen LogP) is 3.68. The lowest BCUT2D eigenvalue weighted by molar-refractivity contribution is -0.132. The van der Waals surface area contributed by atoms with Crippen molar-refractivity contribution in [3.05, 3.63) is 65.9 Å². The van der Waals surface area contributed by atoms with Gasteiger partial charge in [0.1, 0.15) is 18.2 Å². The first-order valence-electron chi connectivity index (χ1n) is 8.28. The molecule has 4 nitrogen and oxygen atoms in total. The first-order chi connectivity index (χ1) is 12.1. The average Bonchev–Trinajstić information content (AvgIpc) is 3.22. The lowest BCUT2D eigenvalue weighted by Gasteiger charge is -2.25. The molecular weight excluding hydrogens is 324 g/mol. The van der Waals surface area contributed by atoms with Gasteiger partial charge in [-0.1, -0.05) is 24.3 Å². The highest BCUT2D eigenvalue weighted by Gasteiger charge is 2.32. The summed E-state index contributed by atoms with van der Waals surface area (Å²) in [5.74, 6) is -1.32. The van der Waals surface area contributed by atoms with Gasteiger partial charge in [0.15, 0.2) is 0 Å². The lowest BCUT2D eigenvalue weighted by atomic mass is 10.0. The average molecular weight is 341 g/mol. The fourth-order valence-corrected chi connectivity index (χ4v) is 3.53. The molecule has 2 aromatic carbocycles. The molecule has 1 fully saturated rings. The zero-order chi connectivity index (χ0) is 17.4. The maximum atomic E-state index is 14.1. The van der Waals surface area contributed by atoms with Crippen LogP contribution in [-0.4, -0.2) is 27.1 Å². The van der Waals surface area contributed by atoms with E-state index in [-0.39, 0.29) is 18.5 Å². The second-order valence-electron chi connectivity index (χ2n) is 6.27. The van der Waals surface area contributed by atoms with E-state index in [9.17, 15) is 13.6 Å². The number of para-hydroxylation sites is 1. The molecule has 0 aliphatic carbocycles. The Bertz CT molecular complexity index is 937. The lowest BCUT2D eigenvalue weighted by Crippen LogP contribution is -2.34. The van der Waals surface area contributed by atoms with Gasteiger partial charge in [0, 0.05) is 23.6 Å². The van der Waals surface area contributed by atoms with Crippen LogP contribution in [0.3, 0.4) is 0 Å². The quantitative estimate of drug-likeness (QED) is 0.729. The number of nitrogens with zero attached hydrogens (tertiary/aromatic N) is 3. The van der Waals surface area contributed by atoms with E-state index in [4.69, 9.17) is 0 Å². The summed E-state index contributed by atoms with van der Waals surface area (Å²) >= 11 is 0. The Morgan fingerprint density at radius 2 is 2.04 bits per heavy atom. The van der Waals surface area contributed by atoms with Gasteiger partial charge in [-0.05, 0) is 25.0 Å². The first-order valence-corrected chi connectivity index (χ1v) is 8.28. The molecule has 128 valence electrons. The standard InChI is InChI=1S/C19H17F2N3O/c20-14-7-8-15(16(21)10-14)18-6-3-9-23(18)19(25)12-24-17-5-2-1-4-13(17)11-22-24/h1-2,4-5,7-8,10-11,18H,3,6,9,12H2. The predicted molar refractivity (Wildman–Crippen MR) is 89.8 cm³/mol. The van der Waals surface area contributed by atoms with Crippen molar-refractivity contribution in [3.8, 4) is 0 Å². The van der Waals surface area contributed by atoms with Crippen LogP contribution in [0.4, 0.5) is 8.78 Å². The molecule has 1 saturated heterocycles. The summed E-state index contributed by atoms with van der Waals surface area (Å²) in [5.41, 5.74) is 1.26. The highest BCUT2D eigenvalue weighted by molar-refractivity contribution is 5.82. The molecule has 1 unspecified atom stereocenters. The van der Waals surface area contributed by atoms with Gasteiger partial charge in [0.2, 0.25) is 5.91 Å². The van der Waals surface area contributed by atoms with Crippen LogP contribution in [0.2, 0.25) is 0 Å². The van der Waals surface area contributed by atoms with Crippen LogP contribution in [0.5, 0.6) is 0 Å². The third-order valence-electron chi connectivity index (χ3n) is 4.73. The monoisotopic (exact) mass is 341 g/mol. The normalized spacial score (nSPS) is 17.4. The number of amides is 1. The zero-order valence-electron chi connectivity index (χ0n) is 13.5. The molecule has 1 atom stereocenters. The summed E-state index contributed by atoms with van der Waals surface area (Å²) in [7, 11) is 0. The molecule has 2 heterocycles. The van der Waals surface area contributed by atoms with E-state index >= 15 is 0 Å². The third-order valence-corrected chi connectivity index (χ3v) is 4.73. The van der Waals surface area contributed by atoms with Crippen molar-refractivity contribution in [3.63, 3.8) is 0 Å². The molecule has 25 heavy (non-hydrogen) atoms. The maximum absolute atomic E-state index is 14.1. The largest absolute Gasteiger partial charge is 0.334 e. The number of fused-ring (bicyclic) bond motifs is 1. The van der Waals surface area contributed by atoms with Crippen LogP contribution in [-0.2, 0) is 11.3 Å². The van der Waals surface area contributed by atoms with Crippen molar-refractivity contribution in [1.29, 1.82) is 0 Å². The fourth-order valence-electron chi connectivity index (χ4n) is 3.53. The van der Waals surface area contributed by atoms with E-state index in [0.29, 0.717) is 18.5 Å². The van der Waals surface area contributed by atoms with E-state index in [1.165, 1.54) is 12.1 Å². The van der Waals surface area contributed by atoms with Crippen LogP contribution in [0.25, 0.3) is 10.9 Å². The van der Waals surface area contributed by atoms with Gasteiger partial charge in [0.05, 0.1) is 17.8 Å². The van der Waals surface area contributed by atoms with Crippen LogP contribution in [0.1, 0.15) is 24.4 Å².